The monoisotopic (exact) mass is 487 g/mol. The highest BCUT2D eigenvalue weighted by atomic mass is 35.5. The lowest BCUT2D eigenvalue weighted by Crippen LogP contribution is -2.43. The Morgan fingerprint density at radius 3 is 2.29 bits per heavy atom. The van der Waals surface area contributed by atoms with Crippen molar-refractivity contribution in [1.82, 2.24) is 5.32 Å². The van der Waals surface area contributed by atoms with E-state index in [4.69, 9.17) is 23.1 Å². The summed E-state index contributed by atoms with van der Waals surface area (Å²) >= 11 is 6.53. The van der Waals surface area contributed by atoms with E-state index in [0.717, 1.165) is 27.8 Å². The highest BCUT2D eigenvalue weighted by Gasteiger charge is 2.24. The van der Waals surface area contributed by atoms with Gasteiger partial charge in [-0.15, -0.1) is 0 Å². The minimum atomic E-state index is -0.0787. The second kappa shape index (κ2) is 9.93. The maximum atomic E-state index is 10.1. The zero-order valence-electron chi connectivity index (χ0n) is 21.8. The van der Waals surface area contributed by atoms with Gasteiger partial charge in [-0.3, -0.25) is 0 Å². The third-order valence-electron chi connectivity index (χ3n) is 6.99. The number of nitrogens with two attached hydrogens (primary N) is 2. The van der Waals surface area contributed by atoms with E-state index >= 15 is 0 Å². The van der Waals surface area contributed by atoms with Gasteiger partial charge in [0.2, 0.25) is 0 Å². The van der Waals surface area contributed by atoms with Crippen molar-refractivity contribution in [1.29, 1.82) is 5.26 Å². The molecule has 5 heteroatoms. The van der Waals surface area contributed by atoms with Crippen LogP contribution in [0.25, 0.3) is 22.3 Å². The van der Waals surface area contributed by atoms with E-state index < -0.39 is 0 Å². The maximum Gasteiger partial charge on any atom is 0.102 e. The van der Waals surface area contributed by atoms with Crippen LogP contribution in [0.2, 0.25) is 5.02 Å². The third-order valence-corrected chi connectivity index (χ3v) is 7.30. The SMILES string of the molecule is CC(C)C(C)(C)NCc1cc(-c2[c]cc(-c3ccccc3C(C)(C)C)c(N)c2C#N)cc(Cl)c1N. The maximum absolute atomic E-state index is 10.1. The Balaban J connectivity index is 2.12. The summed E-state index contributed by atoms with van der Waals surface area (Å²) in [4.78, 5) is 0. The van der Waals surface area contributed by atoms with Gasteiger partial charge >= 0.3 is 0 Å². The van der Waals surface area contributed by atoms with Crippen LogP contribution in [0.4, 0.5) is 11.4 Å². The first kappa shape index (κ1) is 26.6. The molecule has 0 spiro atoms. The topological polar surface area (TPSA) is 87.9 Å². The Bertz CT molecular complexity index is 1280. The van der Waals surface area contributed by atoms with Gasteiger partial charge in [-0.25, -0.2) is 0 Å². The largest absolute Gasteiger partial charge is 0.397 e. The van der Waals surface area contributed by atoms with Crippen molar-refractivity contribution in [3.8, 4) is 28.3 Å². The molecule has 0 aliphatic carbocycles. The molecule has 0 saturated carbocycles. The fraction of sp³-hybridized carbons (Fsp3) is 0.367. The van der Waals surface area contributed by atoms with Gasteiger partial charge in [0.15, 0.2) is 0 Å². The molecule has 4 nitrogen and oxygen atoms in total. The summed E-state index contributed by atoms with van der Waals surface area (Å²) in [6, 6.07) is 19.4. The van der Waals surface area contributed by atoms with Crippen molar-refractivity contribution in [2.45, 2.75) is 66.0 Å². The summed E-state index contributed by atoms with van der Waals surface area (Å²) in [6.45, 7) is 15.7. The summed E-state index contributed by atoms with van der Waals surface area (Å²) in [5.41, 5.74) is 19.4. The average molecular weight is 488 g/mol. The minimum Gasteiger partial charge on any atom is -0.397 e. The second-order valence-electron chi connectivity index (χ2n) is 11.0. The fourth-order valence-corrected chi connectivity index (χ4v) is 4.23. The van der Waals surface area contributed by atoms with Gasteiger partial charge in [-0.2, -0.15) is 5.26 Å². The number of nitrogens with one attached hydrogen (secondary N) is 1. The van der Waals surface area contributed by atoms with E-state index in [2.05, 4.69) is 72.0 Å². The molecule has 0 aliphatic rings. The second-order valence-corrected chi connectivity index (χ2v) is 11.4. The number of nitrogen functional groups attached to an aromatic ring is 2. The number of nitriles is 1. The molecule has 0 atom stereocenters. The quantitative estimate of drug-likeness (QED) is 0.317. The van der Waals surface area contributed by atoms with Gasteiger partial charge in [0.25, 0.3) is 0 Å². The van der Waals surface area contributed by atoms with Crippen molar-refractivity contribution in [2.75, 3.05) is 11.5 Å². The van der Waals surface area contributed by atoms with Gasteiger partial charge in [-0.1, -0.05) is 70.5 Å². The van der Waals surface area contributed by atoms with Crippen LogP contribution in [0.1, 0.15) is 65.2 Å². The zero-order chi connectivity index (χ0) is 26.1. The van der Waals surface area contributed by atoms with Crippen LogP contribution in [0, 0.1) is 23.3 Å². The van der Waals surface area contributed by atoms with Crippen LogP contribution in [0.5, 0.6) is 0 Å². The Labute approximate surface area is 215 Å². The predicted octanol–water partition coefficient (Wildman–Crippen LogP) is 7.33. The fourth-order valence-electron chi connectivity index (χ4n) is 3.99. The summed E-state index contributed by atoms with van der Waals surface area (Å²) in [6.07, 6.45) is 0. The molecule has 0 aromatic heterocycles. The lowest BCUT2D eigenvalue weighted by atomic mass is 9.81. The molecule has 5 N–H and O–H groups in total. The van der Waals surface area contributed by atoms with Crippen molar-refractivity contribution in [3.05, 3.63) is 70.2 Å². The van der Waals surface area contributed by atoms with Crippen molar-refractivity contribution in [3.63, 3.8) is 0 Å². The number of nitrogens with zero attached hydrogens (tertiary/aromatic N) is 1. The Hall–Kier alpha value is -3.00. The molecule has 3 aromatic carbocycles. The van der Waals surface area contributed by atoms with Crippen molar-refractivity contribution < 1.29 is 0 Å². The standard InChI is InChI=1S/C30H36ClN4/c1-18(2)30(6,7)35-17-20-14-19(15-26(31)27(20)33)21-12-13-23(28(34)24(21)16-32)22-10-8-9-11-25(22)29(3,4)5/h8-11,13-15,18,35H,17,33-34H2,1-7H3. The number of hydrogen-bond donors (Lipinski definition) is 3. The summed E-state index contributed by atoms with van der Waals surface area (Å²) in [7, 11) is 0. The molecule has 3 rings (SSSR count). The van der Waals surface area contributed by atoms with Gasteiger partial charge in [0, 0.05) is 23.2 Å². The highest BCUT2D eigenvalue weighted by Crippen LogP contribution is 2.40. The molecule has 0 unspecified atom stereocenters. The van der Waals surface area contributed by atoms with Crippen LogP contribution < -0.4 is 16.8 Å². The molecule has 1 radical (unpaired) electrons. The lowest BCUT2D eigenvalue weighted by molar-refractivity contribution is 0.286. The molecule has 0 saturated heterocycles. The molecular formula is C30H36ClN4. The zero-order valence-corrected chi connectivity index (χ0v) is 22.6. The van der Waals surface area contributed by atoms with E-state index in [1.54, 1.807) is 6.07 Å². The molecule has 0 fully saturated rings. The molecule has 0 amide bonds. The first-order valence-electron chi connectivity index (χ1n) is 11.9. The predicted molar refractivity (Wildman–Crippen MR) is 149 cm³/mol. The normalized spacial score (nSPS) is 12.1. The van der Waals surface area contributed by atoms with Crippen LogP contribution in [-0.2, 0) is 12.0 Å². The van der Waals surface area contributed by atoms with E-state index in [1.807, 2.05) is 30.3 Å². The van der Waals surface area contributed by atoms with E-state index in [0.29, 0.717) is 40.0 Å². The highest BCUT2D eigenvalue weighted by molar-refractivity contribution is 6.33. The van der Waals surface area contributed by atoms with Gasteiger partial charge in [-0.05, 0) is 71.7 Å². The number of halogens is 1. The van der Waals surface area contributed by atoms with E-state index in [9.17, 15) is 5.26 Å². The molecule has 0 aliphatic heterocycles. The van der Waals surface area contributed by atoms with Crippen molar-refractivity contribution in [2.24, 2.45) is 5.92 Å². The van der Waals surface area contributed by atoms with Crippen molar-refractivity contribution >= 4 is 23.0 Å². The summed E-state index contributed by atoms with van der Waals surface area (Å²) < 4.78 is 0. The molecule has 0 heterocycles. The lowest BCUT2D eigenvalue weighted by Gasteiger charge is -2.31. The van der Waals surface area contributed by atoms with Crippen LogP contribution in [-0.4, -0.2) is 5.54 Å². The van der Waals surface area contributed by atoms with Gasteiger partial charge < -0.3 is 16.8 Å². The Morgan fingerprint density at radius 2 is 1.69 bits per heavy atom. The van der Waals surface area contributed by atoms with E-state index in [-0.39, 0.29) is 11.0 Å². The first-order valence-corrected chi connectivity index (χ1v) is 12.3. The molecular weight excluding hydrogens is 452 g/mol. The summed E-state index contributed by atoms with van der Waals surface area (Å²) in [5, 5.41) is 14.1. The van der Waals surface area contributed by atoms with Crippen LogP contribution >= 0.6 is 11.6 Å². The van der Waals surface area contributed by atoms with Gasteiger partial charge in [0.05, 0.1) is 22.0 Å². The first-order chi connectivity index (χ1) is 16.3. The number of benzene rings is 3. The average Bonchev–Trinajstić information content (AvgIpc) is 2.79. The third kappa shape index (κ3) is 5.48. The Kier molecular flexibility index (Phi) is 7.55. The molecule has 183 valence electrons. The number of anilines is 2. The molecule has 35 heavy (non-hydrogen) atoms. The molecule has 3 aromatic rings. The molecule has 0 bridgehead atoms. The van der Waals surface area contributed by atoms with Gasteiger partial charge in [0.1, 0.15) is 6.07 Å². The van der Waals surface area contributed by atoms with Crippen LogP contribution in [0.15, 0.2) is 42.5 Å². The number of rotatable bonds is 6. The Morgan fingerprint density at radius 1 is 1.03 bits per heavy atom. The number of hydrogen-bond acceptors (Lipinski definition) is 4. The summed E-state index contributed by atoms with van der Waals surface area (Å²) in [5.74, 6) is 0.434. The minimum absolute atomic E-state index is 0.0780. The van der Waals surface area contributed by atoms with E-state index in [1.165, 1.54) is 0 Å². The smallest absolute Gasteiger partial charge is 0.102 e. The van der Waals surface area contributed by atoms with Crippen LogP contribution in [0.3, 0.4) is 0 Å².